The van der Waals surface area contributed by atoms with Crippen molar-refractivity contribution in [2.75, 3.05) is 49.5 Å². The monoisotopic (exact) mass is 938 g/mol. The first-order chi connectivity index (χ1) is 32.9. The van der Waals surface area contributed by atoms with Gasteiger partial charge in [0.1, 0.15) is 16.9 Å². The molecule has 354 valence electrons. The molecule has 18 heteroatoms. The maximum atomic E-state index is 13.3. The smallest absolute Gasteiger partial charge is 0.272 e. The van der Waals surface area contributed by atoms with Crippen LogP contribution in [-0.2, 0) is 27.5 Å². The second-order valence-electron chi connectivity index (χ2n) is 19.4. The Morgan fingerprint density at radius 3 is 2.43 bits per heavy atom. The van der Waals surface area contributed by atoms with Crippen LogP contribution in [-0.4, -0.2) is 127 Å². The standard InChI is InChI=1S/C50H58N12O5S/c1-50(51)15-21-61(22-16-50)43-28-53-45(29-52-43)68-38-4-2-3-35(26-38)55-46(64)33-24-37(25-33)60-19-13-36(14-20-60)59-17-11-32(12-18-59)40-7-8-41(58-57-40)47(65)54-27-31-5-6-39-34(23-31)30-62(49(39)67)42-9-10-44(63)56-48(42)66/h2-8,11,23,26,28-29,33,36-37,42H,9-10,12-22,24-25,27,30,51H2,1H3,(H,54,65)(H,55,64)(H,56,63,66). The molecule has 0 bridgehead atoms. The molecule has 6 aliphatic rings. The summed E-state index contributed by atoms with van der Waals surface area (Å²) in [6, 6.07) is 17.2. The molecule has 0 spiro atoms. The number of nitrogens with two attached hydrogens (primary N) is 1. The zero-order valence-electron chi connectivity index (χ0n) is 38.4. The number of carbonyl (C=O) groups is 5. The molecule has 5 N–H and O–H groups in total. The molecule has 5 amide bonds. The highest BCUT2D eigenvalue weighted by Crippen LogP contribution is 2.36. The average Bonchev–Trinajstić information content (AvgIpc) is 3.65. The Kier molecular flexibility index (Phi) is 13.1. The van der Waals surface area contributed by atoms with Crippen molar-refractivity contribution in [1.82, 2.24) is 45.5 Å². The van der Waals surface area contributed by atoms with Gasteiger partial charge < -0.3 is 31.1 Å². The topological polar surface area (TPSA) is 212 Å². The summed E-state index contributed by atoms with van der Waals surface area (Å²) in [4.78, 5) is 82.6. The summed E-state index contributed by atoms with van der Waals surface area (Å²) in [6.07, 6.45) is 13.1. The highest BCUT2D eigenvalue weighted by molar-refractivity contribution is 7.99. The first-order valence-corrected chi connectivity index (χ1v) is 24.7. The van der Waals surface area contributed by atoms with Crippen LogP contribution in [0.5, 0.6) is 0 Å². The minimum Gasteiger partial charge on any atom is -0.355 e. The number of piperidine rings is 3. The van der Waals surface area contributed by atoms with Crippen LogP contribution in [0, 0.1) is 5.92 Å². The molecule has 17 nitrogen and oxygen atoms in total. The van der Waals surface area contributed by atoms with Gasteiger partial charge >= 0.3 is 0 Å². The quantitative estimate of drug-likeness (QED) is 0.145. The minimum atomic E-state index is -0.676. The number of likely N-dealkylation sites (tertiary alicyclic amines) is 1. The number of imide groups is 1. The van der Waals surface area contributed by atoms with E-state index in [4.69, 9.17) is 5.73 Å². The van der Waals surface area contributed by atoms with Gasteiger partial charge in [-0.3, -0.25) is 34.2 Å². The van der Waals surface area contributed by atoms with E-state index in [-0.39, 0.29) is 60.3 Å². The predicted octanol–water partition coefficient (Wildman–Crippen LogP) is 4.40. The van der Waals surface area contributed by atoms with Crippen LogP contribution in [0.3, 0.4) is 0 Å². The third-order valence-electron chi connectivity index (χ3n) is 14.7. The van der Waals surface area contributed by atoms with E-state index in [9.17, 15) is 24.0 Å². The Labute approximate surface area is 400 Å². The van der Waals surface area contributed by atoms with Gasteiger partial charge in [0, 0.05) is 85.4 Å². The summed E-state index contributed by atoms with van der Waals surface area (Å²) in [5, 5.41) is 17.9. The number of anilines is 2. The number of benzene rings is 2. The number of nitrogens with zero attached hydrogens (tertiary/aromatic N) is 8. The Balaban J connectivity index is 0.629. The molecular formula is C50H58N12O5S. The van der Waals surface area contributed by atoms with Gasteiger partial charge in [0.25, 0.3) is 11.8 Å². The van der Waals surface area contributed by atoms with Gasteiger partial charge in [-0.1, -0.05) is 36.0 Å². The van der Waals surface area contributed by atoms with Crippen molar-refractivity contribution in [3.63, 3.8) is 0 Å². The molecule has 4 fully saturated rings. The maximum absolute atomic E-state index is 13.3. The van der Waals surface area contributed by atoms with E-state index in [1.807, 2.05) is 48.8 Å². The van der Waals surface area contributed by atoms with Crippen molar-refractivity contribution in [1.29, 1.82) is 0 Å². The molecule has 10 rings (SSSR count). The number of carbonyl (C=O) groups excluding carboxylic acids is 5. The van der Waals surface area contributed by atoms with Crippen molar-refractivity contribution in [3.05, 3.63) is 101 Å². The molecule has 1 atom stereocenters. The Morgan fingerprint density at radius 1 is 0.882 bits per heavy atom. The number of hydrogen-bond acceptors (Lipinski definition) is 14. The second kappa shape index (κ2) is 19.5. The fourth-order valence-corrected chi connectivity index (χ4v) is 11.2. The summed E-state index contributed by atoms with van der Waals surface area (Å²) in [5.41, 5.74) is 11.2. The zero-order chi connectivity index (χ0) is 46.9. The molecule has 68 heavy (non-hydrogen) atoms. The van der Waals surface area contributed by atoms with Crippen LogP contribution in [0.25, 0.3) is 5.57 Å². The summed E-state index contributed by atoms with van der Waals surface area (Å²) in [7, 11) is 0. The summed E-state index contributed by atoms with van der Waals surface area (Å²) < 4.78 is 0. The van der Waals surface area contributed by atoms with Gasteiger partial charge in [0.15, 0.2) is 5.69 Å². The normalized spacial score (nSPS) is 23.4. The lowest BCUT2D eigenvalue weighted by atomic mass is 9.77. The summed E-state index contributed by atoms with van der Waals surface area (Å²) >= 11 is 1.54. The van der Waals surface area contributed by atoms with Gasteiger partial charge in [-0.2, -0.15) is 5.10 Å². The lowest BCUT2D eigenvalue weighted by molar-refractivity contribution is -0.137. The lowest BCUT2D eigenvalue weighted by Gasteiger charge is -2.47. The number of aromatic nitrogens is 4. The van der Waals surface area contributed by atoms with Crippen LogP contribution in [0.15, 0.2) is 83.0 Å². The van der Waals surface area contributed by atoms with Crippen LogP contribution in [0.1, 0.15) is 102 Å². The average molecular weight is 939 g/mol. The molecule has 0 radical (unpaired) electrons. The van der Waals surface area contributed by atoms with Crippen molar-refractivity contribution in [2.24, 2.45) is 11.7 Å². The number of hydrogen-bond donors (Lipinski definition) is 4. The van der Waals surface area contributed by atoms with E-state index in [1.54, 1.807) is 18.2 Å². The molecule has 2 aromatic heterocycles. The van der Waals surface area contributed by atoms with E-state index >= 15 is 0 Å². The van der Waals surface area contributed by atoms with Crippen molar-refractivity contribution < 1.29 is 24.0 Å². The molecular weight excluding hydrogens is 881 g/mol. The molecule has 3 saturated heterocycles. The number of fused-ring (bicyclic) bond motifs is 1. The van der Waals surface area contributed by atoms with Crippen LogP contribution in [0.4, 0.5) is 11.5 Å². The third kappa shape index (κ3) is 10.2. The van der Waals surface area contributed by atoms with E-state index in [2.05, 4.69) is 63.8 Å². The minimum absolute atomic E-state index is 0.0176. The van der Waals surface area contributed by atoms with Gasteiger partial charge in [-0.15, -0.1) is 5.10 Å². The third-order valence-corrected chi connectivity index (χ3v) is 15.6. The fraction of sp³-hybridized carbons (Fsp3) is 0.460. The maximum Gasteiger partial charge on any atom is 0.272 e. The summed E-state index contributed by atoms with van der Waals surface area (Å²) in [5.74, 6) is -0.362. The number of nitrogens with one attached hydrogen (secondary N) is 3. The number of rotatable bonds is 12. The van der Waals surface area contributed by atoms with E-state index in [0.717, 1.165) is 128 Å². The second-order valence-corrected chi connectivity index (χ2v) is 20.5. The molecule has 2 aromatic carbocycles. The van der Waals surface area contributed by atoms with E-state index in [0.29, 0.717) is 24.1 Å². The molecule has 1 aliphatic carbocycles. The zero-order valence-corrected chi connectivity index (χ0v) is 39.2. The van der Waals surface area contributed by atoms with Gasteiger partial charge in [0.05, 0.1) is 18.1 Å². The first kappa shape index (κ1) is 45.7. The van der Waals surface area contributed by atoms with Crippen LogP contribution < -0.4 is 26.6 Å². The lowest BCUT2D eigenvalue weighted by Crippen LogP contribution is -2.53. The Morgan fingerprint density at radius 2 is 1.71 bits per heavy atom. The largest absolute Gasteiger partial charge is 0.355 e. The van der Waals surface area contributed by atoms with E-state index in [1.165, 1.54) is 16.7 Å². The molecule has 4 aromatic rings. The SMILES string of the molecule is CC1(N)CCN(c2cnc(Sc3cccc(NC(=O)C4CC(N5CCC(N6CC=C(c7ccc(C(=O)NCc8ccc9c(c8)CN(C8CCC(=O)NC8=O)C9=O)nn7)CC6)CC5)C4)c3)cn2)CC1. The predicted molar refractivity (Wildman–Crippen MR) is 256 cm³/mol. The Bertz CT molecular complexity index is 2600. The molecule has 1 unspecified atom stereocenters. The number of amides is 5. The van der Waals surface area contributed by atoms with Crippen molar-refractivity contribution in [2.45, 2.75) is 111 Å². The molecule has 1 saturated carbocycles. The molecule has 5 aliphatic heterocycles. The summed E-state index contributed by atoms with van der Waals surface area (Å²) in [6.45, 7) is 8.24. The highest BCUT2D eigenvalue weighted by atomic mass is 32.2. The van der Waals surface area contributed by atoms with Gasteiger partial charge in [-0.25, -0.2) is 9.97 Å². The van der Waals surface area contributed by atoms with Gasteiger partial charge in [-0.05, 0) is 124 Å². The highest BCUT2D eigenvalue weighted by Gasteiger charge is 2.41. The van der Waals surface area contributed by atoms with Crippen molar-refractivity contribution in [3.8, 4) is 0 Å². The van der Waals surface area contributed by atoms with Crippen molar-refractivity contribution >= 4 is 58.4 Å². The van der Waals surface area contributed by atoms with E-state index < -0.39 is 11.9 Å². The van der Waals surface area contributed by atoms with Crippen LogP contribution in [0.2, 0.25) is 0 Å². The van der Waals surface area contributed by atoms with Crippen LogP contribution >= 0.6 is 11.8 Å². The molecule has 7 heterocycles. The first-order valence-electron chi connectivity index (χ1n) is 23.9. The fourth-order valence-electron chi connectivity index (χ4n) is 10.4. The van der Waals surface area contributed by atoms with Gasteiger partial charge in [0.2, 0.25) is 17.7 Å². The Hall–Kier alpha value is -6.08.